The Morgan fingerprint density at radius 3 is 2.64 bits per heavy atom. The SMILES string of the molecule is CC(O)c1ccc(NC(=O)c2csc(-c3cccs3)n2)cc1. The van der Waals surface area contributed by atoms with Crippen LogP contribution in [0.1, 0.15) is 29.1 Å². The summed E-state index contributed by atoms with van der Waals surface area (Å²) in [7, 11) is 0. The number of amides is 1. The molecule has 0 fully saturated rings. The van der Waals surface area contributed by atoms with Crippen LogP contribution < -0.4 is 5.32 Å². The Morgan fingerprint density at radius 2 is 2.00 bits per heavy atom. The quantitative estimate of drug-likeness (QED) is 0.754. The van der Waals surface area contributed by atoms with Crippen LogP contribution in [0.3, 0.4) is 0 Å². The van der Waals surface area contributed by atoms with Gasteiger partial charge in [-0.2, -0.15) is 0 Å². The minimum absolute atomic E-state index is 0.233. The zero-order chi connectivity index (χ0) is 15.5. The number of aliphatic hydroxyl groups is 1. The molecule has 0 bridgehead atoms. The van der Waals surface area contributed by atoms with E-state index in [9.17, 15) is 9.90 Å². The lowest BCUT2D eigenvalue weighted by Gasteiger charge is -2.07. The molecule has 0 radical (unpaired) electrons. The van der Waals surface area contributed by atoms with Gasteiger partial charge in [0.2, 0.25) is 0 Å². The van der Waals surface area contributed by atoms with Crippen molar-refractivity contribution in [2.75, 3.05) is 5.32 Å². The fraction of sp³-hybridized carbons (Fsp3) is 0.125. The Kier molecular flexibility index (Phi) is 4.33. The second kappa shape index (κ2) is 6.39. The van der Waals surface area contributed by atoms with E-state index >= 15 is 0 Å². The first-order valence-electron chi connectivity index (χ1n) is 6.72. The molecule has 6 heteroatoms. The van der Waals surface area contributed by atoms with Crippen LogP contribution in [-0.2, 0) is 0 Å². The summed E-state index contributed by atoms with van der Waals surface area (Å²) >= 11 is 3.06. The highest BCUT2D eigenvalue weighted by Gasteiger charge is 2.12. The van der Waals surface area contributed by atoms with E-state index in [0.29, 0.717) is 11.4 Å². The van der Waals surface area contributed by atoms with Crippen molar-refractivity contribution in [1.82, 2.24) is 4.98 Å². The molecule has 2 heterocycles. The minimum Gasteiger partial charge on any atom is -0.389 e. The van der Waals surface area contributed by atoms with Gasteiger partial charge < -0.3 is 10.4 Å². The van der Waals surface area contributed by atoms with Crippen molar-refractivity contribution in [3.8, 4) is 9.88 Å². The Bertz CT molecular complexity index is 762. The van der Waals surface area contributed by atoms with E-state index in [0.717, 1.165) is 15.4 Å². The molecule has 1 aromatic carbocycles. The van der Waals surface area contributed by atoms with Crippen molar-refractivity contribution >= 4 is 34.3 Å². The van der Waals surface area contributed by atoms with E-state index in [1.807, 2.05) is 17.5 Å². The molecule has 0 aliphatic rings. The molecule has 3 rings (SSSR count). The molecule has 0 saturated heterocycles. The number of nitrogens with zero attached hydrogens (tertiary/aromatic N) is 1. The molecule has 1 amide bonds. The normalized spacial score (nSPS) is 12.1. The van der Waals surface area contributed by atoms with Gasteiger partial charge in [-0.25, -0.2) is 4.98 Å². The van der Waals surface area contributed by atoms with Crippen LogP contribution >= 0.6 is 22.7 Å². The highest BCUT2D eigenvalue weighted by atomic mass is 32.1. The summed E-state index contributed by atoms with van der Waals surface area (Å²) in [5.41, 5.74) is 1.90. The number of benzene rings is 1. The smallest absolute Gasteiger partial charge is 0.275 e. The van der Waals surface area contributed by atoms with Crippen LogP contribution in [0.4, 0.5) is 5.69 Å². The summed E-state index contributed by atoms with van der Waals surface area (Å²) < 4.78 is 0. The fourth-order valence-electron chi connectivity index (χ4n) is 1.93. The maximum absolute atomic E-state index is 12.2. The van der Waals surface area contributed by atoms with E-state index in [1.54, 1.807) is 47.9 Å². The van der Waals surface area contributed by atoms with Crippen LogP contribution in [0.2, 0.25) is 0 Å². The Labute approximate surface area is 136 Å². The fourth-order valence-corrected chi connectivity index (χ4v) is 3.55. The van der Waals surface area contributed by atoms with Crippen LogP contribution in [0.5, 0.6) is 0 Å². The van der Waals surface area contributed by atoms with Crippen LogP contribution in [0.15, 0.2) is 47.2 Å². The zero-order valence-electron chi connectivity index (χ0n) is 11.8. The third kappa shape index (κ3) is 3.24. The van der Waals surface area contributed by atoms with Crippen LogP contribution in [-0.4, -0.2) is 16.0 Å². The predicted molar refractivity (Wildman–Crippen MR) is 90.5 cm³/mol. The summed E-state index contributed by atoms with van der Waals surface area (Å²) in [5, 5.41) is 16.9. The number of nitrogens with one attached hydrogen (secondary N) is 1. The minimum atomic E-state index is -0.517. The van der Waals surface area contributed by atoms with Gasteiger partial charge in [-0.15, -0.1) is 22.7 Å². The summed E-state index contributed by atoms with van der Waals surface area (Å²) in [6.07, 6.45) is -0.517. The van der Waals surface area contributed by atoms with Gasteiger partial charge in [-0.05, 0) is 36.1 Å². The van der Waals surface area contributed by atoms with E-state index < -0.39 is 6.10 Å². The second-order valence-electron chi connectivity index (χ2n) is 4.77. The van der Waals surface area contributed by atoms with Gasteiger partial charge in [0, 0.05) is 11.1 Å². The van der Waals surface area contributed by atoms with Gasteiger partial charge in [-0.1, -0.05) is 18.2 Å². The monoisotopic (exact) mass is 330 g/mol. The number of thiophene rings is 1. The van der Waals surface area contributed by atoms with Crippen molar-refractivity contribution in [2.24, 2.45) is 0 Å². The number of anilines is 1. The first-order chi connectivity index (χ1) is 10.6. The van der Waals surface area contributed by atoms with Gasteiger partial charge in [-0.3, -0.25) is 4.79 Å². The molecular formula is C16H14N2O2S2. The van der Waals surface area contributed by atoms with Gasteiger partial charge in [0.25, 0.3) is 5.91 Å². The van der Waals surface area contributed by atoms with Crippen LogP contribution in [0, 0.1) is 0 Å². The highest BCUT2D eigenvalue weighted by Crippen LogP contribution is 2.28. The summed E-state index contributed by atoms with van der Waals surface area (Å²) in [6.45, 7) is 1.70. The number of rotatable bonds is 4. The molecule has 0 saturated carbocycles. The lowest BCUT2D eigenvalue weighted by atomic mass is 10.1. The molecular weight excluding hydrogens is 316 g/mol. The molecule has 112 valence electrons. The first-order valence-corrected chi connectivity index (χ1v) is 8.48. The van der Waals surface area contributed by atoms with Gasteiger partial charge >= 0.3 is 0 Å². The molecule has 2 aromatic heterocycles. The number of aromatic nitrogens is 1. The van der Waals surface area contributed by atoms with Crippen LogP contribution in [0.25, 0.3) is 9.88 Å². The van der Waals surface area contributed by atoms with Gasteiger partial charge in [0.05, 0.1) is 11.0 Å². The lowest BCUT2D eigenvalue weighted by Crippen LogP contribution is -2.12. The molecule has 22 heavy (non-hydrogen) atoms. The average Bonchev–Trinajstić information content (AvgIpc) is 3.19. The van der Waals surface area contributed by atoms with Crippen molar-refractivity contribution in [2.45, 2.75) is 13.0 Å². The van der Waals surface area contributed by atoms with E-state index in [4.69, 9.17) is 0 Å². The van der Waals surface area contributed by atoms with Crippen molar-refractivity contribution in [3.05, 3.63) is 58.4 Å². The Balaban J connectivity index is 1.72. The third-order valence-corrected chi connectivity index (χ3v) is 5.00. The highest BCUT2D eigenvalue weighted by molar-refractivity contribution is 7.20. The summed E-state index contributed by atoms with van der Waals surface area (Å²) in [4.78, 5) is 17.6. The van der Waals surface area contributed by atoms with E-state index in [1.165, 1.54) is 11.3 Å². The molecule has 0 spiro atoms. The number of thiazole rings is 1. The molecule has 0 aliphatic carbocycles. The maximum atomic E-state index is 12.2. The zero-order valence-corrected chi connectivity index (χ0v) is 13.4. The van der Waals surface area contributed by atoms with E-state index in [2.05, 4.69) is 10.3 Å². The largest absolute Gasteiger partial charge is 0.389 e. The number of hydrogen-bond donors (Lipinski definition) is 2. The molecule has 4 nitrogen and oxygen atoms in total. The number of carbonyl (C=O) groups excluding carboxylic acids is 1. The van der Waals surface area contributed by atoms with Crippen molar-refractivity contribution in [3.63, 3.8) is 0 Å². The second-order valence-corrected chi connectivity index (χ2v) is 6.57. The molecule has 0 aliphatic heterocycles. The molecule has 1 unspecified atom stereocenters. The number of carbonyl (C=O) groups is 1. The molecule has 3 aromatic rings. The number of hydrogen-bond acceptors (Lipinski definition) is 5. The maximum Gasteiger partial charge on any atom is 0.275 e. The topological polar surface area (TPSA) is 62.2 Å². The summed E-state index contributed by atoms with van der Waals surface area (Å²) in [5.74, 6) is -0.233. The average molecular weight is 330 g/mol. The van der Waals surface area contributed by atoms with Crippen molar-refractivity contribution < 1.29 is 9.90 Å². The number of aliphatic hydroxyl groups excluding tert-OH is 1. The van der Waals surface area contributed by atoms with Gasteiger partial charge in [0.1, 0.15) is 10.7 Å². The van der Waals surface area contributed by atoms with Crippen molar-refractivity contribution in [1.29, 1.82) is 0 Å². The molecule has 2 N–H and O–H groups in total. The lowest BCUT2D eigenvalue weighted by molar-refractivity contribution is 0.102. The third-order valence-electron chi connectivity index (χ3n) is 3.12. The van der Waals surface area contributed by atoms with E-state index in [-0.39, 0.29) is 5.91 Å². The first kappa shape index (κ1) is 14.9. The Hall–Kier alpha value is -2.02. The molecule has 1 atom stereocenters. The Morgan fingerprint density at radius 1 is 1.23 bits per heavy atom. The predicted octanol–water partition coefficient (Wildman–Crippen LogP) is 4.18. The summed E-state index contributed by atoms with van der Waals surface area (Å²) in [6, 6.07) is 11.1. The van der Waals surface area contributed by atoms with Gasteiger partial charge in [0.15, 0.2) is 0 Å². The standard InChI is InChI=1S/C16H14N2O2S2/c1-10(19)11-4-6-12(7-5-11)17-15(20)13-9-22-16(18-13)14-3-2-8-21-14/h2-10,19H,1H3,(H,17,20).